The summed E-state index contributed by atoms with van der Waals surface area (Å²) in [6.07, 6.45) is 44.3. The third-order valence-electron chi connectivity index (χ3n) is 9.52. The van der Waals surface area contributed by atoms with Gasteiger partial charge in [-0.25, -0.2) is 0 Å². The molecule has 278 valence electrons. The van der Waals surface area contributed by atoms with E-state index in [0.29, 0.717) is 6.42 Å². The first-order valence-corrected chi connectivity index (χ1v) is 20.6. The Balaban J connectivity index is 3.71. The third-order valence-corrected chi connectivity index (χ3v) is 9.52. The molecule has 4 N–H and O–H groups in total. The molecule has 5 heteroatoms. The van der Waals surface area contributed by atoms with E-state index in [0.717, 1.165) is 32.1 Å². The minimum Gasteiger partial charge on any atom is -0.394 e. The fourth-order valence-electron chi connectivity index (χ4n) is 6.32. The number of aliphatic hydroxyl groups excluding tert-OH is 3. The van der Waals surface area contributed by atoms with Crippen LogP contribution in [0.1, 0.15) is 213 Å². The van der Waals surface area contributed by atoms with E-state index in [9.17, 15) is 20.1 Å². The highest BCUT2D eigenvalue weighted by molar-refractivity contribution is 5.76. The van der Waals surface area contributed by atoms with Crippen molar-refractivity contribution in [2.24, 2.45) is 0 Å². The van der Waals surface area contributed by atoms with Gasteiger partial charge in [-0.1, -0.05) is 199 Å². The molecule has 0 aromatic heterocycles. The number of hydrogen-bond donors (Lipinski definition) is 4. The number of allylic oxidation sites excluding steroid dienone is 3. The summed E-state index contributed by atoms with van der Waals surface area (Å²) in [6.45, 7) is 4.19. The van der Waals surface area contributed by atoms with Crippen LogP contribution in [-0.4, -0.2) is 46.1 Å². The molecule has 0 radical (unpaired) electrons. The van der Waals surface area contributed by atoms with E-state index in [1.807, 2.05) is 6.08 Å². The Kier molecular flexibility index (Phi) is 36.7. The van der Waals surface area contributed by atoms with Crippen molar-refractivity contribution in [3.05, 3.63) is 24.3 Å². The van der Waals surface area contributed by atoms with Crippen molar-refractivity contribution >= 4 is 5.91 Å². The van der Waals surface area contributed by atoms with Crippen LogP contribution in [0.5, 0.6) is 0 Å². The van der Waals surface area contributed by atoms with Crippen LogP contribution in [0.4, 0.5) is 0 Å². The van der Waals surface area contributed by atoms with Crippen LogP contribution in [0.25, 0.3) is 0 Å². The standard InChI is InChI=1S/C42H81NO4/c1-3-5-7-9-11-13-15-17-18-19-20-21-22-23-24-25-27-29-31-33-35-39(45)37-41(46)40(38-44)43-42(47)36-34-32-30-28-26-16-14-12-10-8-6-4-2/h27,29,33,35,39-41,44-46H,3-26,28,30-32,34,36-38H2,1-2H3,(H,43,47). The maximum atomic E-state index is 12.3. The molecule has 0 saturated carbocycles. The first-order chi connectivity index (χ1) is 23.0. The summed E-state index contributed by atoms with van der Waals surface area (Å²) < 4.78 is 0. The highest BCUT2D eigenvalue weighted by atomic mass is 16.3. The average molecular weight is 664 g/mol. The van der Waals surface area contributed by atoms with Gasteiger partial charge in [-0.3, -0.25) is 4.79 Å². The van der Waals surface area contributed by atoms with Crippen LogP contribution in [0.3, 0.4) is 0 Å². The predicted molar refractivity (Wildman–Crippen MR) is 204 cm³/mol. The van der Waals surface area contributed by atoms with Crippen LogP contribution in [0.15, 0.2) is 24.3 Å². The molecule has 0 aliphatic rings. The number of aliphatic hydroxyl groups is 3. The molecule has 0 saturated heterocycles. The number of nitrogens with one attached hydrogen (secondary N) is 1. The van der Waals surface area contributed by atoms with Gasteiger partial charge in [0.25, 0.3) is 0 Å². The summed E-state index contributed by atoms with van der Waals surface area (Å²) >= 11 is 0. The minimum absolute atomic E-state index is 0.0868. The van der Waals surface area contributed by atoms with Gasteiger partial charge in [0.15, 0.2) is 0 Å². The molecule has 0 aromatic carbocycles. The largest absolute Gasteiger partial charge is 0.394 e. The van der Waals surface area contributed by atoms with E-state index in [1.54, 1.807) is 6.08 Å². The smallest absolute Gasteiger partial charge is 0.220 e. The Morgan fingerprint density at radius 2 is 0.957 bits per heavy atom. The maximum Gasteiger partial charge on any atom is 0.220 e. The van der Waals surface area contributed by atoms with Gasteiger partial charge in [-0.05, 0) is 25.7 Å². The summed E-state index contributed by atoms with van der Waals surface area (Å²) in [6, 6.07) is -0.752. The van der Waals surface area contributed by atoms with Crippen molar-refractivity contribution in [2.45, 2.75) is 231 Å². The highest BCUT2D eigenvalue weighted by Gasteiger charge is 2.22. The molecule has 0 aromatic rings. The number of hydrogen-bond acceptors (Lipinski definition) is 4. The maximum absolute atomic E-state index is 12.3. The topological polar surface area (TPSA) is 89.8 Å². The summed E-state index contributed by atoms with van der Waals surface area (Å²) in [4.78, 5) is 12.3. The second-order valence-corrected chi connectivity index (χ2v) is 14.2. The Bertz CT molecular complexity index is 694. The van der Waals surface area contributed by atoms with Crippen LogP contribution in [0, 0.1) is 0 Å². The second-order valence-electron chi connectivity index (χ2n) is 14.2. The predicted octanol–water partition coefficient (Wildman–Crippen LogP) is 11.4. The molecule has 1 amide bonds. The van der Waals surface area contributed by atoms with Crippen molar-refractivity contribution in [2.75, 3.05) is 6.61 Å². The van der Waals surface area contributed by atoms with Crippen molar-refractivity contribution in [1.29, 1.82) is 0 Å². The molecule has 0 rings (SSSR count). The fraction of sp³-hybridized carbons (Fsp3) is 0.881. The van der Waals surface area contributed by atoms with E-state index in [1.165, 1.54) is 154 Å². The normalized spacial score (nSPS) is 13.9. The quantitative estimate of drug-likeness (QED) is 0.0393. The van der Waals surface area contributed by atoms with Crippen molar-refractivity contribution in [3.63, 3.8) is 0 Å². The average Bonchev–Trinajstić information content (AvgIpc) is 3.06. The number of carbonyl (C=O) groups is 1. The van der Waals surface area contributed by atoms with Gasteiger partial charge in [-0.2, -0.15) is 0 Å². The number of unbranched alkanes of at least 4 members (excludes halogenated alkanes) is 26. The lowest BCUT2D eigenvalue weighted by atomic mass is 10.0. The molecule has 0 heterocycles. The molecule has 3 atom stereocenters. The van der Waals surface area contributed by atoms with Crippen LogP contribution < -0.4 is 5.32 Å². The second kappa shape index (κ2) is 37.6. The molecule has 5 nitrogen and oxygen atoms in total. The lowest BCUT2D eigenvalue weighted by Gasteiger charge is -2.23. The van der Waals surface area contributed by atoms with E-state index >= 15 is 0 Å². The van der Waals surface area contributed by atoms with Crippen molar-refractivity contribution in [1.82, 2.24) is 5.32 Å². The molecular weight excluding hydrogens is 582 g/mol. The van der Waals surface area contributed by atoms with Crippen LogP contribution in [-0.2, 0) is 4.79 Å². The molecule has 0 spiro atoms. The van der Waals surface area contributed by atoms with Gasteiger partial charge < -0.3 is 20.6 Å². The molecule has 3 unspecified atom stereocenters. The van der Waals surface area contributed by atoms with Gasteiger partial charge in [-0.15, -0.1) is 0 Å². The van der Waals surface area contributed by atoms with Crippen molar-refractivity contribution in [3.8, 4) is 0 Å². The lowest BCUT2D eigenvalue weighted by molar-refractivity contribution is -0.123. The summed E-state index contributed by atoms with van der Waals surface area (Å²) in [5.41, 5.74) is 0. The van der Waals surface area contributed by atoms with Gasteiger partial charge in [0.2, 0.25) is 5.91 Å². The lowest BCUT2D eigenvalue weighted by Crippen LogP contribution is -2.46. The zero-order valence-corrected chi connectivity index (χ0v) is 31.4. The highest BCUT2D eigenvalue weighted by Crippen LogP contribution is 2.15. The zero-order valence-electron chi connectivity index (χ0n) is 31.4. The van der Waals surface area contributed by atoms with E-state index in [4.69, 9.17) is 0 Å². The molecule has 0 bridgehead atoms. The summed E-state index contributed by atoms with van der Waals surface area (Å²) in [5, 5.41) is 33.2. The van der Waals surface area contributed by atoms with Gasteiger partial charge in [0.05, 0.1) is 24.9 Å². The molecule has 47 heavy (non-hydrogen) atoms. The molecule has 0 fully saturated rings. The zero-order chi connectivity index (χ0) is 34.5. The molecular formula is C42H81NO4. The van der Waals surface area contributed by atoms with Gasteiger partial charge in [0.1, 0.15) is 0 Å². The minimum atomic E-state index is -0.994. The van der Waals surface area contributed by atoms with E-state index < -0.39 is 18.2 Å². The van der Waals surface area contributed by atoms with Crippen LogP contribution >= 0.6 is 0 Å². The van der Waals surface area contributed by atoms with Crippen molar-refractivity contribution < 1.29 is 20.1 Å². The summed E-state index contributed by atoms with van der Waals surface area (Å²) in [5.74, 6) is -0.139. The van der Waals surface area contributed by atoms with E-state index in [2.05, 4.69) is 31.3 Å². The van der Waals surface area contributed by atoms with E-state index in [-0.39, 0.29) is 18.9 Å². The monoisotopic (exact) mass is 664 g/mol. The number of rotatable bonds is 37. The Morgan fingerprint density at radius 1 is 0.553 bits per heavy atom. The first-order valence-electron chi connectivity index (χ1n) is 20.6. The molecule has 0 aliphatic carbocycles. The van der Waals surface area contributed by atoms with Gasteiger partial charge in [0, 0.05) is 12.8 Å². The number of amides is 1. The Hall–Kier alpha value is -1.17. The molecule has 0 aliphatic heterocycles. The SMILES string of the molecule is CCCCCCCCCCCCCCCCCC=CCC=CC(O)CC(O)C(CO)NC(=O)CCCCCCCCCCCCCC. The Labute approximate surface area is 292 Å². The first kappa shape index (κ1) is 45.8. The fourth-order valence-corrected chi connectivity index (χ4v) is 6.32. The summed E-state index contributed by atoms with van der Waals surface area (Å²) in [7, 11) is 0. The third kappa shape index (κ3) is 34.5. The Morgan fingerprint density at radius 3 is 1.38 bits per heavy atom. The van der Waals surface area contributed by atoms with Gasteiger partial charge >= 0.3 is 0 Å². The number of carbonyl (C=O) groups excluding carboxylic acids is 1. The van der Waals surface area contributed by atoms with Crippen LogP contribution in [0.2, 0.25) is 0 Å².